The molecule has 1 aromatic heterocycles. The molecule has 0 saturated carbocycles. The van der Waals surface area contributed by atoms with Gasteiger partial charge in [-0.1, -0.05) is 5.11 Å². The van der Waals surface area contributed by atoms with Crippen molar-refractivity contribution in [3.05, 3.63) is 43.5 Å². The largest absolute Gasteiger partial charge is 0.396 e. The summed E-state index contributed by atoms with van der Waals surface area (Å²) in [6.07, 6.45) is -1.21. The van der Waals surface area contributed by atoms with Crippen molar-refractivity contribution in [2.75, 3.05) is 13.2 Å². The van der Waals surface area contributed by atoms with Crippen LogP contribution in [0, 0.1) is 5.92 Å². The molecule has 0 amide bonds. The highest BCUT2D eigenvalue weighted by atomic mass is 16.5. The SMILES string of the molecule is [N-]=[N+]=NC[C@H]1[C@@H](O)[C@H](n2ccc(=O)[nH]c2=O)O[C@@H]1CCO. The third-order valence-corrected chi connectivity index (χ3v) is 3.42. The molecule has 0 spiro atoms. The second kappa shape index (κ2) is 6.55. The number of H-pyrrole nitrogens is 1. The molecule has 21 heavy (non-hydrogen) atoms. The lowest BCUT2D eigenvalue weighted by molar-refractivity contribution is -0.0448. The van der Waals surface area contributed by atoms with Gasteiger partial charge in [-0.05, 0) is 12.0 Å². The molecule has 2 rings (SSSR count). The Bertz CT molecular complexity index is 649. The number of aromatic amines is 1. The Morgan fingerprint density at radius 2 is 2.29 bits per heavy atom. The zero-order valence-electron chi connectivity index (χ0n) is 11.0. The summed E-state index contributed by atoms with van der Waals surface area (Å²) in [6, 6.07) is 1.14. The van der Waals surface area contributed by atoms with Crippen LogP contribution in [0.5, 0.6) is 0 Å². The van der Waals surface area contributed by atoms with Gasteiger partial charge in [0.2, 0.25) is 0 Å². The standard InChI is InChI=1S/C11H15N5O5/c12-15-13-5-6-7(2-4-17)21-10(9(6)19)16-3-1-8(18)14-11(16)20/h1,3,6-7,9-10,17,19H,2,4-5H2,(H,14,18,20)/t6-,7-,9-,10-/m1/s1. The smallest absolute Gasteiger partial charge is 0.330 e. The summed E-state index contributed by atoms with van der Waals surface area (Å²) >= 11 is 0. The van der Waals surface area contributed by atoms with Crippen LogP contribution < -0.4 is 11.2 Å². The van der Waals surface area contributed by atoms with Crippen molar-refractivity contribution < 1.29 is 14.9 Å². The van der Waals surface area contributed by atoms with Gasteiger partial charge in [0.15, 0.2) is 6.23 Å². The van der Waals surface area contributed by atoms with Crippen LogP contribution in [0.3, 0.4) is 0 Å². The fourth-order valence-electron chi connectivity index (χ4n) is 2.42. The number of aromatic nitrogens is 2. The summed E-state index contributed by atoms with van der Waals surface area (Å²) < 4.78 is 6.64. The third-order valence-electron chi connectivity index (χ3n) is 3.42. The van der Waals surface area contributed by atoms with Gasteiger partial charge >= 0.3 is 5.69 Å². The lowest BCUT2D eigenvalue weighted by Gasteiger charge is -2.18. The maximum Gasteiger partial charge on any atom is 0.330 e. The molecule has 1 fully saturated rings. The van der Waals surface area contributed by atoms with Gasteiger partial charge in [0.05, 0.1) is 6.10 Å². The van der Waals surface area contributed by atoms with E-state index in [-0.39, 0.29) is 19.6 Å². The molecular weight excluding hydrogens is 282 g/mol. The minimum absolute atomic E-state index is 0.0169. The molecule has 114 valence electrons. The summed E-state index contributed by atoms with van der Waals surface area (Å²) in [7, 11) is 0. The van der Waals surface area contributed by atoms with Gasteiger partial charge in [0.25, 0.3) is 5.56 Å². The fraction of sp³-hybridized carbons (Fsp3) is 0.636. The minimum atomic E-state index is -1.10. The van der Waals surface area contributed by atoms with Crippen LogP contribution in [0.4, 0.5) is 0 Å². The normalized spacial score (nSPS) is 28.3. The molecule has 2 heterocycles. The molecule has 0 radical (unpaired) electrons. The van der Waals surface area contributed by atoms with E-state index in [0.717, 1.165) is 10.6 Å². The van der Waals surface area contributed by atoms with Crippen LogP contribution in [0.1, 0.15) is 12.6 Å². The second-order valence-electron chi connectivity index (χ2n) is 4.66. The number of nitrogens with one attached hydrogen (secondary N) is 1. The predicted octanol–water partition coefficient (Wildman–Crippen LogP) is -0.896. The highest BCUT2D eigenvalue weighted by Crippen LogP contribution is 2.34. The van der Waals surface area contributed by atoms with Crippen molar-refractivity contribution in [1.82, 2.24) is 9.55 Å². The van der Waals surface area contributed by atoms with Gasteiger partial charge < -0.3 is 14.9 Å². The van der Waals surface area contributed by atoms with E-state index < -0.39 is 35.6 Å². The maximum absolute atomic E-state index is 11.7. The van der Waals surface area contributed by atoms with Crippen molar-refractivity contribution in [2.45, 2.75) is 24.9 Å². The third kappa shape index (κ3) is 3.14. The van der Waals surface area contributed by atoms with E-state index in [1.165, 1.54) is 6.20 Å². The van der Waals surface area contributed by atoms with Crippen molar-refractivity contribution >= 4 is 0 Å². The molecule has 0 bridgehead atoms. The number of aliphatic hydroxyl groups excluding tert-OH is 2. The Kier molecular flexibility index (Phi) is 4.76. The first-order chi connectivity index (χ1) is 10.1. The Morgan fingerprint density at radius 3 is 2.90 bits per heavy atom. The number of rotatable bonds is 5. The predicted molar refractivity (Wildman–Crippen MR) is 70.4 cm³/mol. The zero-order chi connectivity index (χ0) is 15.4. The highest BCUT2D eigenvalue weighted by Gasteiger charge is 2.43. The average Bonchev–Trinajstić information content (AvgIpc) is 2.74. The summed E-state index contributed by atoms with van der Waals surface area (Å²) in [5, 5.41) is 22.7. The molecule has 4 atom stereocenters. The Labute approximate surface area is 118 Å². The molecule has 0 unspecified atom stereocenters. The second-order valence-corrected chi connectivity index (χ2v) is 4.66. The summed E-state index contributed by atoms with van der Waals surface area (Å²) in [6.45, 7) is -0.186. The first-order valence-electron chi connectivity index (χ1n) is 6.35. The van der Waals surface area contributed by atoms with E-state index in [1.807, 2.05) is 0 Å². The van der Waals surface area contributed by atoms with Crippen LogP contribution in [0.25, 0.3) is 10.4 Å². The van der Waals surface area contributed by atoms with Gasteiger partial charge in [-0.2, -0.15) is 0 Å². The molecular formula is C11H15N5O5. The average molecular weight is 297 g/mol. The first kappa shape index (κ1) is 15.3. The monoisotopic (exact) mass is 297 g/mol. The van der Waals surface area contributed by atoms with Crippen LogP contribution >= 0.6 is 0 Å². The molecule has 3 N–H and O–H groups in total. The van der Waals surface area contributed by atoms with Crippen LogP contribution in [0.15, 0.2) is 27.0 Å². The van der Waals surface area contributed by atoms with E-state index in [2.05, 4.69) is 15.0 Å². The number of aliphatic hydroxyl groups is 2. The number of ether oxygens (including phenoxy) is 1. The van der Waals surface area contributed by atoms with Crippen molar-refractivity contribution in [3.8, 4) is 0 Å². The van der Waals surface area contributed by atoms with Crippen LogP contribution in [-0.4, -0.2) is 45.1 Å². The quantitative estimate of drug-likeness (QED) is 0.365. The van der Waals surface area contributed by atoms with E-state index in [1.54, 1.807) is 0 Å². The Morgan fingerprint density at radius 1 is 1.52 bits per heavy atom. The van der Waals surface area contributed by atoms with Crippen LogP contribution in [-0.2, 0) is 4.74 Å². The fourth-order valence-corrected chi connectivity index (χ4v) is 2.42. The van der Waals surface area contributed by atoms with Gasteiger partial charge in [-0.25, -0.2) is 4.79 Å². The van der Waals surface area contributed by atoms with E-state index in [0.29, 0.717) is 0 Å². The van der Waals surface area contributed by atoms with Gasteiger partial charge in [-0.15, -0.1) is 0 Å². The van der Waals surface area contributed by atoms with Gasteiger partial charge in [-0.3, -0.25) is 14.3 Å². The molecule has 0 aliphatic carbocycles. The molecule has 1 aliphatic rings. The molecule has 1 aromatic rings. The number of hydrogen-bond acceptors (Lipinski definition) is 6. The summed E-state index contributed by atoms with van der Waals surface area (Å²) in [5.41, 5.74) is 7.11. The van der Waals surface area contributed by atoms with E-state index >= 15 is 0 Å². The highest BCUT2D eigenvalue weighted by molar-refractivity contribution is 4.93. The topological polar surface area (TPSA) is 153 Å². The molecule has 1 aliphatic heterocycles. The maximum atomic E-state index is 11.7. The lowest BCUT2D eigenvalue weighted by Crippen LogP contribution is -2.36. The molecule has 1 saturated heterocycles. The number of azide groups is 1. The Balaban J connectivity index is 2.30. The lowest BCUT2D eigenvalue weighted by atomic mass is 9.96. The molecule has 0 aromatic carbocycles. The summed E-state index contributed by atoms with van der Waals surface area (Å²) in [5.74, 6) is -0.545. The zero-order valence-corrected chi connectivity index (χ0v) is 11.0. The van der Waals surface area contributed by atoms with Gasteiger partial charge in [0.1, 0.15) is 6.10 Å². The first-order valence-corrected chi connectivity index (χ1v) is 6.35. The van der Waals surface area contributed by atoms with Gasteiger partial charge in [0, 0.05) is 36.2 Å². The van der Waals surface area contributed by atoms with Crippen molar-refractivity contribution in [1.29, 1.82) is 0 Å². The molecule has 10 nitrogen and oxygen atoms in total. The van der Waals surface area contributed by atoms with E-state index in [9.17, 15) is 14.7 Å². The number of nitrogens with zero attached hydrogens (tertiary/aromatic N) is 4. The summed E-state index contributed by atoms with van der Waals surface area (Å²) in [4.78, 5) is 27.5. The van der Waals surface area contributed by atoms with Crippen LogP contribution in [0.2, 0.25) is 0 Å². The number of hydrogen-bond donors (Lipinski definition) is 3. The Hall–Kier alpha value is -2.13. The minimum Gasteiger partial charge on any atom is -0.396 e. The van der Waals surface area contributed by atoms with Crippen molar-refractivity contribution in [2.24, 2.45) is 11.0 Å². The van der Waals surface area contributed by atoms with Crippen molar-refractivity contribution in [3.63, 3.8) is 0 Å². The molecule has 10 heteroatoms. The van der Waals surface area contributed by atoms with E-state index in [4.69, 9.17) is 15.4 Å².